The molecular weight excluding hydrogens is 830 g/mol. The van der Waals surface area contributed by atoms with Crippen LogP contribution < -0.4 is 0 Å². The number of phosphoric ester groups is 1. The summed E-state index contributed by atoms with van der Waals surface area (Å²) in [5.74, 6) is 5.92. The van der Waals surface area contributed by atoms with E-state index >= 15 is 0 Å². The maximum Gasteiger partial charge on any atom is 0.472 e. The molecule has 63 heavy (non-hydrogen) atoms. The predicted octanol–water partition coefficient (Wildman–Crippen LogP) is 7.26. The molecular formula is C46H68N5O11P. The zero-order valence-electron chi connectivity index (χ0n) is 38.8. The van der Waals surface area contributed by atoms with Crippen molar-refractivity contribution in [3.05, 3.63) is 71.3 Å². The maximum atomic E-state index is 13.4. The first kappa shape index (κ1) is 51.0. The summed E-state index contributed by atoms with van der Waals surface area (Å²) in [5.41, 5.74) is 0.426. The third-order valence-corrected chi connectivity index (χ3v) is 10.9. The molecule has 0 radical (unpaired) electrons. The summed E-state index contributed by atoms with van der Waals surface area (Å²) in [7, 11) is -4.59. The van der Waals surface area contributed by atoms with Crippen LogP contribution in [0.5, 0.6) is 0 Å². The molecule has 2 aromatic carbocycles. The van der Waals surface area contributed by atoms with Gasteiger partial charge in [0.05, 0.1) is 25.3 Å². The van der Waals surface area contributed by atoms with Crippen molar-refractivity contribution < 1.29 is 51.9 Å². The molecule has 1 heterocycles. The highest BCUT2D eigenvalue weighted by Gasteiger charge is 2.42. The van der Waals surface area contributed by atoms with Crippen LogP contribution in [0.1, 0.15) is 98.4 Å². The number of carbonyl (C=O) groups is 4. The van der Waals surface area contributed by atoms with Gasteiger partial charge in [-0.25, -0.2) is 18.9 Å². The largest absolute Gasteiger partial charge is 0.472 e. The molecule has 1 aliphatic heterocycles. The molecule has 4 amide bonds. The lowest BCUT2D eigenvalue weighted by Gasteiger charge is -2.35. The van der Waals surface area contributed by atoms with Gasteiger partial charge >= 0.3 is 26.1 Å². The molecule has 0 bridgehead atoms. The van der Waals surface area contributed by atoms with Gasteiger partial charge in [-0.15, -0.1) is 0 Å². The third-order valence-electron chi connectivity index (χ3n) is 9.87. The number of fused-ring (bicyclic) bond motifs is 1. The van der Waals surface area contributed by atoms with Crippen LogP contribution in [0, 0.1) is 11.8 Å². The van der Waals surface area contributed by atoms with E-state index in [0.29, 0.717) is 26.1 Å². The summed E-state index contributed by atoms with van der Waals surface area (Å²) in [6, 6.07) is 16.5. The Balaban J connectivity index is 1.44. The van der Waals surface area contributed by atoms with Gasteiger partial charge in [-0.1, -0.05) is 66.4 Å². The van der Waals surface area contributed by atoms with E-state index < -0.39 is 55.1 Å². The van der Waals surface area contributed by atoms with Gasteiger partial charge in [-0.05, 0) is 79.0 Å². The standard InChI is InChI=1S/C46H68N5O11P/c1-35(52)51(34-36-19-13-11-14-20-36)40-38-22-16-15-21-37(38)33-39(40)62-63(56,57)58-32-18-12-17-23-47-24-26-48(41(53)59-44(2,3)4)28-30-50(43(55)61-46(8,9)10)31-29-49(27-25-47)42(54)60-45(5,6)7/h11,13-16,19-22,39-40H,18,23-34H2,1-10H3,(H,56,57)/t39-,40+/m0/s1. The maximum absolute atomic E-state index is 13.4. The first-order valence-corrected chi connectivity index (χ1v) is 23.1. The molecule has 0 spiro atoms. The number of rotatable bonds is 9. The zero-order chi connectivity index (χ0) is 46.6. The number of hydrogen-bond acceptors (Lipinski definition) is 11. The summed E-state index contributed by atoms with van der Waals surface area (Å²) < 4.78 is 41.7. The van der Waals surface area contributed by atoms with E-state index in [4.69, 9.17) is 23.3 Å². The number of benzene rings is 2. The van der Waals surface area contributed by atoms with E-state index in [2.05, 4.69) is 11.8 Å². The van der Waals surface area contributed by atoms with Gasteiger partial charge in [0.25, 0.3) is 0 Å². The number of phosphoric acid groups is 1. The van der Waals surface area contributed by atoms with E-state index in [1.54, 1.807) is 77.0 Å². The SMILES string of the molecule is CC(=O)N(Cc1ccccc1)[C@@H]1c2ccccc2C[C@@H]1OP(=O)(O)OCCC#CCN1CCN(C(=O)OC(C)(C)C)CCN(C(=O)OC(C)(C)C)CCN(C(=O)OC(C)(C)C)CC1. The summed E-state index contributed by atoms with van der Waals surface area (Å²) >= 11 is 0. The normalized spacial score (nSPS) is 19.0. The molecule has 17 heteroatoms. The molecule has 1 saturated heterocycles. The monoisotopic (exact) mass is 897 g/mol. The quantitative estimate of drug-likeness (QED) is 0.116. The fourth-order valence-electron chi connectivity index (χ4n) is 7.00. The second-order valence-electron chi connectivity index (χ2n) is 18.7. The first-order valence-electron chi connectivity index (χ1n) is 21.6. The molecule has 1 aliphatic carbocycles. The van der Waals surface area contributed by atoms with Crippen molar-refractivity contribution in [2.24, 2.45) is 0 Å². The van der Waals surface area contributed by atoms with Crippen LogP contribution in [-0.2, 0) is 45.6 Å². The van der Waals surface area contributed by atoms with Gasteiger partial charge in [0, 0.05) is 78.7 Å². The van der Waals surface area contributed by atoms with Gasteiger partial charge in [0.1, 0.15) is 16.8 Å². The second-order valence-corrected chi connectivity index (χ2v) is 20.1. The van der Waals surface area contributed by atoms with Crippen molar-refractivity contribution in [2.75, 3.05) is 65.5 Å². The van der Waals surface area contributed by atoms with Crippen molar-refractivity contribution in [2.45, 2.75) is 118 Å². The predicted molar refractivity (Wildman–Crippen MR) is 238 cm³/mol. The number of hydrogen-bond donors (Lipinski definition) is 1. The van der Waals surface area contributed by atoms with Crippen molar-refractivity contribution >= 4 is 32.0 Å². The highest BCUT2D eigenvalue weighted by atomic mass is 31.2. The Morgan fingerprint density at radius 2 is 1.16 bits per heavy atom. The minimum atomic E-state index is -4.59. The van der Waals surface area contributed by atoms with Crippen LogP contribution in [0.15, 0.2) is 54.6 Å². The van der Waals surface area contributed by atoms with Gasteiger partial charge in [0.2, 0.25) is 5.91 Å². The molecule has 348 valence electrons. The smallest absolute Gasteiger partial charge is 0.444 e. The minimum Gasteiger partial charge on any atom is -0.444 e. The molecule has 0 saturated carbocycles. The molecule has 3 atom stereocenters. The van der Waals surface area contributed by atoms with Crippen LogP contribution >= 0.6 is 7.82 Å². The van der Waals surface area contributed by atoms with Crippen LogP contribution in [0.2, 0.25) is 0 Å². The molecule has 2 aromatic rings. The Hall–Kier alpha value is -4.65. The molecule has 0 aromatic heterocycles. The number of amides is 4. The van der Waals surface area contributed by atoms with Crippen molar-refractivity contribution in [3.8, 4) is 11.8 Å². The lowest BCUT2D eigenvalue weighted by Crippen LogP contribution is -2.51. The second kappa shape index (κ2) is 22.3. The minimum absolute atomic E-state index is 0.109. The number of carbonyl (C=O) groups excluding carboxylic acids is 4. The van der Waals surface area contributed by atoms with Crippen LogP contribution in [0.25, 0.3) is 0 Å². The van der Waals surface area contributed by atoms with Gasteiger partial charge in [0.15, 0.2) is 0 Å². The van der Waals surface area contributed by atoms with Crippen LogP contribution in [0.3, 0.4) is 0 Å². The van der Waals surface area contributed by atoms with Crippen molar-refractivity contribution in [3.63, 3.8) is 0 Å². The fourth-order valence-corrected chi connectivity index (χ4v) is 7.91. The van der Waals surface area contributed by atoms with E-state index in [1.165, 1.54) is 11.8 Å². The molecule has 1 unspecified atom stereocenters. The summed E-state index contributed by atoms with van der Waals surface area (Å²) in [6.07, 6.45) is -2.02. The Labute approximate surface area is 373 Å². The number of ether oxygens (including phenoxy) is 3. The van der Waals surface area contributed by atoms with Crippen molar-refractivity contribution in [1.82, 2.24) is 24.5 Å². The summed E-state index contributed by atoms with van der Waals surface area (Å²) in [5, 5.41) is 0. The zero-order valence-corrected chi connectivity index (χ0v) is 39.7. The highest BCUT2D eigenvalue weighted by molar-refractivity contribution is 7.47. The fraction of sp³-hybridized carbons (Fsp3) is 0.609. The molecule has 16 nitrogen and oxygen atoms in total. The number of nitrogens with zero attached hydrogens (tertiary/aromatic N) is 5. The third kappa shape index (κ3) is 17.4. The Kier molecular flexibility index (Phi) is 18.1. The van der Waals surface area contributed by atoms with Crippen molar-refractivity contribution in [1.29, 1.82) is 0 Å². The molecule has 4 rings (SSSR count). The average Bonchev–Trinajstić information content (AvgIpc) is 3.50. The lowest BCUT2D eigenvalue weighted by atomic mass is 10.0. The van der Waals surface area contributed by atoms with Gasteiger partial charge in [-0.2, -0.15) is 0 Å². The van der Waals surface area contributed by atoms with E-state index in [0.717, 1.165) is 16.7 Å². The Bertz CT molecular complexity index is 1920. The Morgan fingerprint density at radius 1 is 0.698 bits per heavy atom. The molecule has 1 fully saturated rings. The Morgan fingerprint density at radius 3 is 1.63 bits per heavy atom. The van der Waals surface area contributed by atoms with E-state index in [1.807, 2.05) is 59.5 Å². The lowest BCUT2D eigenvalue weighted by molar-refractivity contribution is -0.134. The van der Waals surface area contributed by atoms with E-state index in [9.17, 15) is 28.6 Å². The first-order chi connectivity index (χ1) is 29.4. The van der Waals surface area contributed by atoms with Crippen LogP contribution in [-0.4, -0.2) is 142 Å². The van der Waals surface area contributed by atoms with E-state index in [-0.39, 0.29) is 64.7 Å². The summed E-state index contributed by atoms with van der Waals surface area (Å²) in [4.78, 5) is 72.3. The van der Waals surface area contributed by atoms with Gasteiger partial charge in [-0.3, -0.25) is 18.7 Å². The average molecular weight is 898 g/mol. The molecule has 2 aliphatic rings. The summed E-state index contributed by atoms with van der Waals surface area (Å²) in [6.45, 7) is 19.6. The van der Waals surface area contributed by atoms with Gasteiger partial charge < -0.3 is 38.7 Å². The highest BCUT2D eigenvalue weighted by Crippen LogP contribution is 2.50. The molecule has 1 N–H and O–H groups in total. The topological polar surface area (TPSA) is 168 Å². The van der Waals surface area contributed by atoms with Crippen LogP contribution in [0.4, 0.5) is 14.4 Å².